The Balaban J connectivity index is 3.44. The number of halogens is 1. The van der Waals surface area contributed by atoms with Gasteiger partial charge in [0.1, 0.15) is 0 Å². The van der Waals surface area contributed by atoms with E-state index in [0.717, 1.165) is 12.1 Å². The lowest BCUT2D eigenvalue weighted by Gasteiger charge is -2.02. The standard InChI is InChI=1S/C8H5FN2O3/c1-14-7-3-5(4-10)2-6(9)8(7)11(12)13/h2-3H,1H3. The maximum Gasteiger partial charge on any atom is 0.346 e. The number of nitro groups is 1. The van der Waals surface area contributed by atoms with Gasteiger partial charge >= 0.3 is 5.69 Å². The normalized spacial score (nSPS) is 9.21. The van der Waals surface area contributed by atoms with Crippen LogP contribution >= 0.6 is 0 Å². The smallest absolute Gasteiger partial charge is 0.346 e. The number of rotatable bonds is 2. The molecule has 0 heterocycles. The zero-order valence-corrected chi connectivity index (χ0v) is 7.15. The predicted octanol–water partition coefficient (Wildman–Crippen LogP) is 1.61. The van der Waals surface area contributed by atoms with Crippen molar-refractivity contribution in [3.05, 3.63) is 33.6 Å². The summed E-state index contributed by atoms with van der Waals surface area (Å²) in [6.07, 6.45) is 0. The largest absolute Gasteiger partial charge is 0.490 e. The average molecular weight is 196 g/mol. The second-order valence-electron chi connectivity index (χ2n) is 2.38. The third-order valence-electron chi connectivity index (χ3n) is 1.56. The number of hydrogen-bond acceptors (Lipinski definition) is 4. The highest BCUT2D eigenvalue weighted by atomic mass is 19.1. The molecule has 5 nitrogen and oxygen atoms in total. The Hall–Kier alpha value is -2.16. The summed E-state index contributed by atoms with van der Waals surface area (Å²) in [5, 5.41) is 18.9. The van der Waals surface area contributed by atoms with Gasteiger partial charge in [-0.3, -0.25) is 10.1 Å². The maximum absolute atomic E-state index is 13.1. The summed E-state index contributed by atoms with van der Waals surface area (Å²) in [5.74, 6) is -1.34. The molecule has 0 atom stereocenters. The van der Waals surface area contributed by atoms with Gasteiger partial charge in [0.05, 0.1) is 23.7 Å². The summed E-state index contributed by atoms with van der Waals surface area (Å²) in [5.41, 5.74) is -0.781. The molecule has 0 amide bonds. The van der Waals surface area contributed by atoms with E-state index in [0.29, 0.717) is 0 Å². The van der Waals surface area contributed by atoms with Crippen LogP contribution in [0.1, 0.15) is 5.56 Å². The molecule has 0 aliphatic carbocycles. The van der Waals surface area contributed by atoms with Crippen LogP contribution in [-0.4, -0.2) is 12.0 Å². The van der Waals surface area contributed by atoms with Crippen molar-refractivity contribution in [3.63, 3.8) is 0 Å². The van der Waals surface area contributed by atoms with Crippen molar-refractivity contribution in [2.24, 2.45) is 0 Å². The van der Waals surface area contributed by atoms with Gasteiger partial charge in [-0.15, -0.1) is 0 Å². The monoisotopic (exact) mass is 196 g/mol. The second-order valence-corrected chi connectivity index (χ2v) is 2.38. The van der Waals surface area contributed by atoms with Gasteiger partial charge in [0.15, 0.2) is 0 Å². The van der Waals surface area contributed by atoms with E-state index in [1.807, 2.05) is 0 Å². The minimum absolute atomic E-state index is 0.0232. The summed E-state index contributed by atoms with van der Waals surface area (Å²) in [6, 6.07) is 3.57. The number of hydrogen-bond donors (Lipinski definition) is 0. The van der Waals surface area contributed by atoms with Gasteiger partial charge in [0, 0.05) is 6.07 Å². The number of nitriles is 1. The number of benzene rings is 1. The molecule has 0 fully saturated rings. The van der Waals surface area contributed by atoms with Crippen LogP contribution in [0.5, 0.6) is 5.75 Å². The minimum Gasteiger partial charge on any atom is -0.490 e. The zero-order valence-electron chi connectivity index (χ0n) is 7.15. The molecule has 0 saturated heterocycles. The predicted molar refractivity (Wildman–Crippen MR) is 44.3 cm³/mol. The first-order valence-corrected chi connectivity index (χ1v) is 3.52. The van der Waals surface area contributed by atoms with Crippen LogP contribution in [0.25, 0.3) is 0 Å². The Labute approximate surface area is 78.5 Å². The van der Waals surface area contributed by atoms with E-state index < -0.39 is 16.4 Å². The summed E-state index contributed by atoms with van der Waals surface area (Å²) < 4.78 is 17.7. The number of methoxy groups -OCH3 is 1. The molecule has 0 N–H and O–H groups in total. The Morgan fingerprint density at radius 2 is 2.29 bits per heavy atom. The molecule has 1 aromatic rings. The Bertz CT molecular complexity index is 425. The summed E-state index contributed by atoms with van der Waals surface area (Å²) >= 11 is 0. The van der Waals surface area contributed by atoms with Crippen molar-refractivity contribution in [2.75, 3.05) is 7.11 Å². The third kappa shape index (κ3) is 1.61. The van der Waals surface area contributed by atoms with Crippen LogP contribution < -0.4 is 4.74 Å². The zero-order chi connectivity index (χ0) is 10.7. The lowest BCUT2D eigenvalue weighted by molar-refractivity contribution is -0.388. The van der Waals surface area contributed by atoms with Crippen LogP contribution in [0.15, 0.2) is 12.1 Å². The highest BCUT2D eigenvalue weighted by molar-refractivity contribution is 5.52. The molecular weight excluding hydrogens is 191 g/mol. The molecule has 0 aliphatic rings. The maximum atomic E-state index is 13.1. The van der Waals surface area contributed by atoms with E-state index in [9.17, 15) is 14.5 Å². The van der Waals surface area contributed by atoms with Crippen molar-refractivity contribution >= 4 is 5.69 Å². The SMILES string of the molecule is COc1cc(C#N)cc(F)c1[N+](=O)[O-]. The molecule has 0 aliphatic heterocycles. The van der Waals surface area contributed by atoms with Crippen LogP contribution in [0.3, 0.4) is 0 Å². The van der Waals surface area contributed by atoms with Crippen molar-refractivity contribution in [1.29, 1.82) is 5.26 Å². The van der Waals surface area contributed by atoms with Crippen LogP contribution in [-0.2, 0) is 0 Å². The molecule has 14 heavy (non-hydrogen) atoms. The van der Waals surface area contributed by atoms with Gasteiger partial charge < -0.3 is 4.74 Å². The lowest BCUT2D eigenvalue weighted by Crippen LogP contribution is -1.97. The minimum atomic E-state index is -1.08. The Morgan fingerprint density at radius 1 is 1.64 bits per heavy atom. The topological polar surface area (TPSA) is 76.2 Å². The lowest BCUT2D eigenvalue weighted by atomic mass is 10.2. The molecule has 1 rings (SSSR count). The van der Waals surface area contributed by atoms with Crippen LogP contribution in [0, 0.1) is 27.3 Å². The first-order chi connectivity index (χ1) is 6.60. The van der Waals surface area contributed by atoms with Crippen molar-refractivity contribution in [2.45, 2.75) is 0 Å². The van der Waals surface area contributed by atoms with Crippen molar-refractivity contribution in [1.82, 2.24) is 0 Å². The van der Waals surface area contributed by atoms with E-state index in [1.165, 1.54) is 7.11 Å². The first kappa shape index (κ1) is 9.92. The first-order valence-electron chi connectivity index (χ1n) is 3.52. The van der Waals surface area contributed by atoms with Crippen molar-refractivity contribution in [3.8, 4) is 11.8 Å². The van der Waals surface area contributed by atoms with E-state index in [4.69, 9.17) is 5.26 Å². The number of nitro benzene ring substituents is 1. The molecular formula is C8H5FN2O3. The van der Waals surface area contributed by atoms with Crippen molar-refractivity contribution < 1.29 is 14.1 Å². The van der Waals surface area contributed by atoms with Gasteiger partial charge in [-0.1, -0.05) is 0 Å². The summed E-state index contributed by atoms with van der Waals surface area (Å²) in [4.78, 5) is 9.51. The van der Waals surface area contributed by atoms with Gasteiger partial charge in [-0.2, -0.15) is 9.65 Å². The highest BCUT2D eigenvalue weighted by Gasteiger charge is 2.22. The summed E-state index contributed by atoms with van der Waals surface area (Å²) in [7, 11) is 1.17. The fourth-order valence-corrected chi connectivity index (χ4v) is 0.971. The molecule has 72 valence electrons. The molecule has 0 saturated carbocycles. The van der Waals surface area contributed by atoms with E-state index in [1.54, 1.807) is 6.07 Å². The fourth-order valence-electron chi connectivity index (χ4n) is 0.971. The summed E-state index contributed by atoms with van der Waals surface area (Å²) in [6.45, 7) is 0. The average Bonchev–Trinajstić information content (AvgIpc) is 2.15. The third-order valence-corrected chi connectivity index (χ3v) is 1.56. The number of ether oxygens (including phenoxy) is 1. The van der Waals surface area contributed by atoms with Gasteiger partial charge in [0.2, 0.25) is 11.6 Å². The van der Waals surface area contributed by atoms with Crippen LogP contribution in [0.2, 0.25) is 0 Å². The van der Waals surface area contributed by atoms with Gasteiger partial charge in [-0.05, 0) is 6.07 Å². The molecule has 1 aromatic carbocycles. The second kappa shape index (κ2) is 3.70. The molecule has 0 radical (unpaired) electrons. The molecule has 0 aromatic heterocycles. The highest BCUT2D eigenvalue weighted by Crippen LogP contribution is 2.30. The van der Waals surface area contributed by atoms with Gasteiger partial charge in [0.25, 0.3) is 0 Å². The fraction of sp³-hybridized carbons (Fsp3) is 0.125. The molecule has 6 heteroatoms. The Morgan fingerprint density at radius 3 is 2.71 bits per heavy atom. The number of nitrogens with zero attached hydrogens (tertiary/aromatic N) is 2. The van der Waals surface area contributed by atoms with E-state index >= 15 is 0 Å². The molecule has 0 unspecified atom stereocenters. The van der Waals surface area contributed by atoms with E-state index in [-0.39, 0.29) is 11.3 Å². The van der Waals surface area contributed by atoms with Gasteiger partial charge in [-0.25, -0.2) is 0 Å². The van der Waals surface area contributed by atoms with Crippen LogP contribution in [0.4, 0.5) is 10.1 Å². The van der Waals surface area contributed by atoms with E-state index in [2.05, 4.69) is 4.74 Å². The Kier molecular flexibility index (Phi) is 2.62. The molecule has 0 bridgehead atoms. The molecule has 0 spiro atoms. The quantitative estimate of drug-likeness (QED) is 0.531.